The molecule has 106 valence electrons. The maximum atomic E-state index is 6.00. The fourth-order valence-corrected chi connectivity index (χ4v) is 2.38. The zero-order valence-electron chi connectivity index (χ0n) is 11.9. The molecule has 0 amide bonds. The fraction of sp³-hybridized carbons (Fsp3) is 0.294. The molecule has 0 aliphatic heterocycles. The second-order valence-corrected chi connectivity index (χ2v) is 5.40. The van der Waals surface area contributed by atoms with E-state index < -0.39 is 0 Å². The smallest absolute Gasteiger partial charge is 0.119 e. The molecule has 0 bridgehead atoms. The van der Waals surface area contributed by atoms with Gasteiger partial charge in [-0.1, -0.05) is 35.9 Å². The van der Waals surface area contributed by atoms with Crippen molar-refractivity contribution >= 4 is 11.6 Å². The third-order valence-corrected chi connectivity index (χ3v) is 3.45. The van der Waals surface area contributed by atoms with Crippen molar-refractivity contribution in [2.24, 2.45) is 0 Å². The maximum Gasteiger partial charge on any atom is 0.119 e. The first kappa shape index (κ1) is 14.9. The predicted molar refractivity (Wildman–Crippen MR) is 84.5 cm³/mol. The quantitative estimate of drug-likeness (QED) is 0.865. The molecule has 2 aromatic carbocycles. The minimum Gasteiger partial charge on any atom is -0.497 e. The van der Waals surface area contributed by atoms with Gasteiger partial charge >= 0.3 is 0 Å². The van der Waals surface area contributed by atoms with Crippen LogP contribution in [-0.4, -0.2) is 13.2 Å². The van der Waals surface area contributed by atoms with Crippen molar-refractivity contribution in [2.45, 2.75) is 25.9 Å². The topological polar surface area (TPSA) is 21.3 Å². The third-order valence-electron chi connectivity index (χ3n) is 3.22. The van der Waals surface area contributed by atoms with E-state index >= 15 is 0 Å². The Balaban J connectivity index is 1.87. The monoisotopic (exact) mass is 289 g/mol. The Labute approximate surface area is 125 Å². The van der Waals surface area contributed by atoms with Crippen molar-refractivity contribution in [3.05, 3.63) is 64.7 Å². The molecular formula is C17H20ClNO. The molecule has 0 heterocycles. The van der Waals surface area contributed by atoms with E-state index in [0.29, 0.717) is 6.04 Å². The third kappa shape index (κ3) is 4.55. The second kappa shape index (κ2) is 7.32. The summed E-state index contributed by atoms with van der Waals surface area (Å²) in [5.41, 5.74) is 2.48. The highest BCUT2D eigenvalue weighted by atomic mass is 35.5. The van der Waals surface area contributed by atoms with Gasteiger partial charge in [-0.3, -0.25) is 0 Å². The van der Waals surface area contributed by atoms with E-state index in [1.165, 1.54) is 11.1 Å². The number of benzene rings is 2. The van der Waals surface area contributed by atoms with Crippen molar-refractivity contribution in [2.75, 3.05) is 7.11 Å². The molecule has 2 rings (SSSR count). The van der Waals surface area contributed by atoms with Crippen molar-refractivity contribution in [1.29, 1.82) is 0 Å². The summed E-state index contributed by atoms with van der Waals surface area (Å²) in [6, 6.07) is 16.5. The zero-order chi connectivity index (χ0) is 14.4. The van der Waals surface area contributed by atoms with Gasteiger partial charge in [0.05, 0.1) is 7.11 Å². The summed E-state index contributed by atoms with van der Waals surface area (Å²) in [6.07, 6.45) is 0.963. The van der Waals surface area contributed by atoms with Gasteiger partial charge in [-0.05, 0) is 48.7 Å². The predicted octanol–water partition coefficient (Wildman–Crippen LogP) is 4.07. The van der Waals surface area contributed by atoms with Crippen LogP contribution in [0.15, 0.2) is 48.5 Å². The number of rotatable bonds is 6. The van der Waals surface area contributed by atoms with Gasteiger partial charge in [-0.2, -0.15) is 0 Å². The van der Waals surface area contributed by atoms with Crippen LogP contribution in [0.2, 0.25) is 5.02 Å². The summed E-state index contributed by atoms with van der Waals surface area (Å²) in [7, 11) is 1.69. The van der Waals surface area contributed by atoms with E-state index in [0.717, 1.165) is 23.7 Å². The minimum atomic E-state index is 0.389. The van der Waals surface area contributed by atoms with E-state index in [-0.39, 0.29) is 0 Å². The van der Waals surface area contributed by atoms with Gasteiger partial charge in [0.15, 0.2) is 0 Å². The molecule has 0 radical (unpaired) electrons. The summed E-state index contributed by atoms with van der Waals surface area (Å²) in [5.74, 6) is 0.895. The lowest BCUT2D eigenvalue weighted by Crippen LogP contribution is -2.27. The summed E-state index contributed by atoms with van der Waals surface area (Å²) in [6.45, 7) is 3.01. The van der Waals surface area contributed by atoms with Crippen molar-refractivity contribution in [3.8, 4) is 5.75 Å². The molecule has 0 spiro atoms. The Kier molecular flexibility index (Phi) is 5.45. The summed E-state index contributed by atoms with van der Waals surface area (Å²) in [5, 5.41) is 4.31. The second-order valence-electron chi connectivity index (χ2n) is 4.97. The van der Waals surface area contributed by atoms with E-state index in [1.54, 1.807) is 7.11 Å². The number of hydrogen-bond donors (Lipinski definition) is 1. The summed E-state index contributed by atoms with van der Waals surface area (Å²) in [4.78, 5) is 0. The Morgan fingerprint density at radius 1 is 1.10 bits per heavy atom. The van der Waals surface area contributed by atoms with Crippen LogP contribution in [0.4, 0.5) is 0 Å². The molecule has 1 atom stereocenters. The van der Waals surface area contributed by atoms with Crippen LogP contribution in [0.5, 0.6) is 5.75 Å². The lowest BCUT2D eigenvalue weighted by atomic mass is 10.1. The minimum absolute atomic E-state index is 0.389. The molecule has 0 saturated carbocycles. The normalized spacial score (nSPS) is 12.2. The van der Waals surface area contributed by atoms with Crippen LogP contribution in [0.25, 0.3) is 0 Å². The molecule has 1 unspecified atom stereocenters. The molecule has 1 N–H and O–H groups in total. The summed E-state index contributed by atoms with van der Waals surface area (Å²) < 4.78 is 5.23. The van der Waals surface area contributed by atoms with E-state index in [4.69, 9.17) is 16.3 Å². The summed E-state index contributed by atoms with van der Waals surface area (Å²) >= 11 is 6.00. The van der Waals surface area contributed by atoms with E-state index in [2.05, 4.69) is 30.4 Å². The average Bonchev–Trinajstić information content (AvgIpc) is 2.45. The van der Waals surface area contributed by atoms with Gasteiger partial charge in [0.1, 0.15) is 5.75 Å². The first-order valence-electron chi connectivity index (χ1n) is 6.78. The molecule has 0 fully saturated rings. The highest BCUT2D eigenvalue weighted by molar-refractivity contribution is 6.30. The number of nitrogens with one attached hydrogen (secondary N) is 1. The Morgan fingerprint density at radius 3 is 2.60 bits per heavy atom. The fourth-order valence-electron chi connectivity index (χ4n) is 2.16. The van der Waals surface area contributed by atoms with Crippen LogP contribution in [0.1, 0.15) is 18.1 Å². The molecule has 0 aromatic heterocycles. The number of ether oxygens (including phenoxy) is 1. The SMILES string of the molecule is COc1cccc(CNC(C)Cc2cccc(Cl)c2)c1. The lowest BCUT2D eigenvalue weighted by molar-refractivity contribution is 0.414. The van der Waals surface area contributed by atoms with E-state index in [1.807, 2.05) is 30.3 Å². The van der Waals surface area contributed by atoms with Gasteiger partial charge in [0.2, 0.25) is 0 Å². The van der Waals surface area contributed by atoms with Gasteiger partial charge < -0.3 is 10.1 Å². The lowest BCUT2D eigenvalue weighted by Gasteiger charge is -2.14. The van der Waals surface area contributed by atoms with Gasteiger partial charge in [0, 0.05) is 17.6 Å². The molecule has 2 nitrogen and oxygen atoms in total. The number of hydrogen-bond acceptors (Lipinski definition) is 2. The molecule has 0 aliphatic rings. The molecule has 20 heavy (non-hydrogen) atoms. The Morgan fingerprint density at radius 2 is 1.85 bits per heavy atom. The van der Waals surface area contributed by atoms with Crippen LogP contribution < -0.4 is 10.1 Å². The van der Waals surface area contributed by atoms with E-state index in [9.17, 15) is 0 Å². The van der Waals surface area contributed by atoms with Crippen LogP contribution >= 0.6 is 11.6 Å². The van der Waals surface area contributed by atoms with Crippen molar-refractivity contribution in [1.82, 2.24) is 5.32 Å². The average molecular weight is 290 g/mol. The Bertz CT molecular complexity index is 556. The van der Waals surface area contributed by atoms with Crippen LogP contribution in [0, 0.1) is 0 Å². The molecule has 0 saturated heterocycles. The molecule has 2 aromatic rings. The van der Waals surface area contributed by atoms with Gasteiger partial charge in [0.25, 0.3) is 0 Å². The highest BCUT2D eigenvalue weighted by Gasteiger charge is 2.04. The first-order chi connectivity index (χ1) is 9.67. The first-order valence-corrected chi connectivity index (χ1v) is 7.16. The maximum absolute atomic E-state index is 6.00. The standard InChI is InChI=1S/C17H20ClNO/c1-13(9-14-5-3-7-16(18)10-14)19-12-15-6-4-8-17(11-15)20-2/h3-8,10-11,13,19H,9,12H2,1-2H3. The number of halogens is 1. The molecular weight excluding hydrogens is 270 g/mol. The molecule has 3 heteroatoms. The highest BCUT2D eigenvalue weighted by Crippen LogP contribution is 2.14. The van der Waals surface area contributed by atoms with Crippen molar-refractivity contribution < 1.29 is 4.74 Å². The van der Waals surface area contributed by atoms with Gasteiger partial charge in [-0.25, -0.2) is 0 Å². The van der Waals surface area contributed by atoms with Crippen LogP contribution in [0.3, 0.4) is 0 Å². The zero-order valence-corrected chi connectivity index (χ0v) is 12.7. The largest absolute Gasteiger partial charge is 0.497 e. The van der Waals surface area contributed by atoms with Crippen LogP contribution in [-0.2, 0) is 13.0 Å². The number of methoxy groups -OCH3 is 1. The Hall–Kier alpha value is -1.51. The van der Waals surface area contributed by atoms with Crippen molar-refractivity contribution in [3.63, 3.8) is 0 Å². The molecule has 0 aliphatic carbocycles. The van der Waals surface area contributed by atoms with Gasteiger partial charge in [-0.15, -0.1) is 0 Å².